The van der Waals surface area contributed by atoms with E-state index < -0.39 is 5.41 Å². The summed E-state index contributed by atoms with van der Waals surface area (Å²) in [5, 5.41) is 0. The zero-order valence-corrected chi connectivity index (χ0v) is 15.1. The zero-order chi connectivity index (χ0) is 18.0. The standard InChI is InChI=1S/C19H19N3O2S/c1-19(2,3)16(23)11-17-21-18(24)15(25-17)10-13-4-6-14(7-5-13)22-9-8-20-12-22/h4-12H,1-3H3,(H,21,24)/b15-10+,17-11+. The molecule has 0 aliphatic rings. The molecule has 0 saturated heterocycles. The predicted molar refractivity (Wildman–Crippen MR) is 100 cm³/mol. The van der Waals surface area contributed by atoms with Gasteiger partial charge < -0.3 is 9.55 Å². The van der Waals surface area contributed by atoms with Crippen molar-refractivity contribution in [1.82, 2.24) is 14.5 Å². The number of carbonyl (C=O) groups is 1. The highest BCUT2D eigenvalue weighted by atomic mass is 32.1. The van der Waals surface area contributed by atoms with E-state index in [9.17, 15) is 9.59 Å². The summed E-state index contributed by atoms with van der Waals surface area (Å²) in [7, 11) is 0. The number of nitrogens with zero attached hydrogens (tertiary/aromatic N) is 2. The number of imidazole rings is 1. The van der Waals surface area contributed by atoms with Crippen molar-refractivity contribution in [2.75, 3.05) is 0 Å². The molecule has 0 spiro atoms. The molecular formula is C19H19N3O2S. The molecule has 0 unspecified atom stereocenters. The monoisotopic (exact) mass is 353 g/mol. The van der Waals surface area contributed by atoms with Crippen molar-refractivity contribution < 1.29 is 4.79 Å². The second kappa shape index (κ2) is 6.64. The number of hydrogen-bond acceptors (Lipinski definition) is 4. The Morgan fingerprint density at radius 2 is 1.96 bits per heavy atom. The van der Waals surface area contributed by atoms with Crippen molar-refractivity contribution in [1.29, 1.82) is 0 Å². The van der Waals surface area contributed by atoms with Crippen LogP contribution in [0.1, 0.15) is 26.3 Å². The van der Waals surface area contributed by atoms with Crippen molar-refractivity contribution in [3.05, 3.63) is 68.1 Å². The number of nitrogens with one attached hydrogen (secondary N) is 1. The van der Waals surface area contributed by atoms with Gasteiger partial charge in [0.1, 0.15) is 0 Å². The van der Waals surface area contributed by atoms with Crippen molar-refractivity contribution in [2.24, 2.45) is 5.41 Å². The number of ketones is 1. The van der Waals surface area contributed by atoms with Crippen LogP contribution < -0.4 is 14.8 Å². The van der Waals surface area contributed by atoms with Gasteiger partial charge in [0.05, 0.1) is 15.5 Å². The lowest BCUT2D eigenvalue weighted by Crippen LogP contribution is -2.22. The Bertz CT molecular complexity index is 1050. The first kappa shape index (κ1) is 17.1. The molecule has 0 aliphatic carbocycles. The van der Waals surface area contributed by atoms with Crippen LogP contribution in [0.5, 0.6) is 0 Å². The summed E-state index contributed by atoms with van der Waals surface area (Å²) in [6.45, 7) is 5.56. The van der Waals surface area contributed by atoms with Gasteiger partial charge in [-0.15, -0.1) is 11.3 Å². The summed E-state index contributed by atoms with van der Waals surface area (Å²) in [6, 6.07) is 7.81. The van der Waals surface area contributed by atoms with Gasteiger partial charge in [-0.2, -0.15) is 0 Å². The van der Waals surface area contributed by atoms with Crippen LogP contribution in [0.25, 0.3) is 17.8 Å². The van der Waals surface area contributed by atoms with E-state index >= 15 is 0 Å². The molecule has 1 N–H and O–H groups in total. The van der Waals surface area contributed by atoms with Gasteiger partial charge in [-0.05, 0) is 23.8 Å². The zero-order valence-electron chi connectivity index (χ0n) is 14.3. The lowest BCUT2D eigenvalue weighted by atomic mass is 9.91. The molecule has 2 heterocycles. The molecule has 0 amide bonds. The van der Waals surface area contributed by atoms with E-state index in [1.165, 1.54) is 17.4 Å². The second-order valence-electron chi connectivity index (χ2n) is 6.75. The average Bonchev–Trinajstić information content (AvgIpc) is 3.18. The SMILES string of the molecule is CC(C)(C)C(=O)/C=c1\[nH]c(=O)/c(=C\c2ccc(-n3ccnc3)cc2)s1. The minimum Gasteiger partial charge on any atom is -0.313 e. The van der Waals surface area contributed by atoms with Crippen molar-refractivity contribution in [2.45, 2.75) is 20.8 Å². The van der Waals surface area contributed by atoms with Gasteiger partial charge in [0.2, 0.25) is 0 Å². The molecule has 5 nitrogen and oxygen atoms in total. The summed E-state index contributed by atoms with van der Waals surface area (Å²) >= 11 is 1.29. The number of aromatic nitrogens is 3. The largest absolute Gasteiger partial charge is 0.313 e. The quantitative estimate of drug-likeness (QED) is 0.781. The first-order valence-corrected chi connectivity index (χ1v) is 8.70. The summed E-state index contributed by atoms with van der Waals surface area (Å²) in [4.78, 5) is 31.0. The lowest BCUT2D eigenvalue weighted by Gasteiger charge is -2.12. The van der Waals surface area contributed by atoms with E-state index in [1.54, 1.807) is 12.5 Å². The van der Waals surface area contributed by atoms with Crippen LogP contribution >= 0.6 is 11.3 Å². The lowest BCUT2D eigenvalue weighted by molar-refractivity contribution is -0.119. The third-order valence-electron chi connectivity index (χ3n) is 3.68. The number of hydrogen-bond donors (Lipinski definition) is 1. The van der Waals surface area contributed by atoms with Crippen molar-refractivity contribution in [3.8, 4) is 5.69 Å². The van der Waals surface area contributed by atoms with Crippen LogP contribution in [-0.2, 0) is 4.79 Å². The number of thiazole rings is 1. The van der Waals surface area contributed by atoms with E-state index in [2.05, 4.69) is 9.97 Å². The highest BCUT2D eigenvalue weighted by Crippen LogP contribution is 2.14. The van der Waals surface area contributed by atoms with Gasteiger partial charge in [0.25, 0.3) is 5.56 Å². The first-order valence-electron chi connectivity index (χ1n) is 7.88. The van der Waals surface area contributed by atoms with Crippen LogP contribution in [0.2, 0.25) is 0 Å². The van der Waals surface area contributed by atoms with E-state index in [0.717, 1.165) is 11.3 Å². The summed E-state index contributed by atoms with van der Waals surface area (Å²) < 4.78 is 3.06. The van der Waals surface area contributed by atoms with Gasteiger partial charge in [0.15, 0.2) is 5.78 Å². The van der Waals surface area contributed by atoms with Crippen LogP contribution in [0.15, 0.2) is 47.8 Å². The second-order valence-corrected chi connectivity index (χ2v) is 7.83. The molecule has 2 aromatic heterocycles. The van der Waals surface area contributed by atoms with Crippen LogP contribution in [0.3, 0.4) is 0 Å². The molecule has 6 heteroatoms. The molecule has 3 aromatic rings. The van der Waals surface area contributed by atoms with Gasteiger partial charge in [-0.1, -0.05) is 32.9 Å². The van der Waals surface area contributed by atoms with E-state index in [4.69, 9.17) is 0 Å². The molecular weight excluding hydrogens is 334 g/mol. The minimum atomic E-state index is -0.464. The molecule has 1 aromatic carbocycles. The smallest absolute Gasteiger partial charge is 0.266 e. The number of aromatic amines is 1. The highest BCUT2D eigenvalue weighted by Gasteiger charge is 2.18. The third-order valence-corrected chi connectivity index (χ3v) is 4.64. The fourth-order valence-electron chi connectivity index (χ4n) is 2.17. The Hall–Kier alpha value is -2.73. The average molecular weight is 353 g/mol. The van der Waals surface area contributed by atoms with Gasteiger partial charge in [-0.3, -0.25) is 9.59 Å². The number of Topliss-reactive ketones (excluding diaryl/α,β-unsaturated/α-hetero) is 1. The summed E-state index contributed by atoms with van der Waals surface area (Å²) in [6.07, 6.45) is 8.65. The maximum atomic E-state index is 12.1. The molecule has 0 radical (unpaired) electrons. The van der Waals surface area contributed by atoms with E-state index in [-0.39, 0.29) is 11.3 Å². The Morgan fingerprint density at radius 1 is 1.24 bits per heavy atom. The van der Waals surface area contributed by atoms with Crippen LogP contribution in [0.4, 0.5) is 0 Å². The molecule has 128 valence electrons. The van der Waals surface area contributed by atoms with Crippen LogP contribution in [-0.4, -0.2) is 20.3 Å². The maximum Gasteiger partial charge on any atom is 0.266 e. The maximum absolute atomic E-state index is 12.1. The molecule has 0 bridgehead atoms. The van der Waals surface area contributed by atoms with Gasteiger partial charge >= 0.3 is 0 Å². The van der Waals surface area contributed by atoms with Gasteiger partial charge in [-0.25, -0.2) is 4.98 Å². The van der Waals surface area contributed by atoms with E-state index in [1.807, 2.05) is 61.9 Å². The first-order chi connectivity index (χ1) is 11.8. The minimum absolute atomic E-state index is 0.0127. The highest BCUT2D eigenvalue weighted by molar-refractivity contribution is 7.07. The third kappa shape index (κ3) is 4.03. The fourth-order valence-corrected chi connectivity index (χ4v) is 3.05. The summed E-state index contributed by atoms with van der Waals surface area (Å²) in [5.41, 5.74) is 1.27. The summed E-state index contributed by atoms with van der Waals surface area (Å²) in [5.74, 6) is -0.0127. The van der Waals surface area contributed by atoms with Crippen LogP contribution in [0, 0.1) is 5.41 Å². The number of rotatable bonds is 3. The van der Waals surface area contributed by atoms with Crippen molar-refractivity contribution in [3.63, 3.8) is 0 Å². The molecule has 3 rings (SSSR count). The number of H-pyrrole nitrogens is 1. The number of benzene rings is 1. The fraction of sp³-hybridized carbons (Fsp3) is 0.211. The van der Waals surface area contributed by atoms with E-state index in [0.29, 0.717) is 9.20 Å². The van der Waals surface area contributed by atoms with Crippen molar-refractivity contribution >= 4 is 29.3 Å². The Labute approximate surface area is 149 Å². The topological polar surface area (TPSA) is 67.8 Å². The molecule has 0 fully saturated rings. The normalized spacial score (nSPS) is 13.4. The number of carbonyl (C=O) groups excluding carboxylic acids is 1. The molecule has 0 aliphatic heterocycles. The van der Waals surface area contributed by atoms with Gasteiger partial charge in [0, 0.05) is 29.6 Å². The molecule has 0 atom stereocenters. The Morgan fingerprint density at radius 3 is 2.56 bits per heavy atom. The Balaban J connectivity index is 1.93. The predicted octanol–water partition coefficient (Wildman–Crippen LogP) is 1.85. The molecule has 25 heavy (non-hydrogen) atoms. The molecule has 0 saturated carbocycles. The Kier molecular flexibility index (Phi) is 4.55.